The van der Waals surface area contributed by atoms with Crippen molar-refractivity contribution < 1.29 is 39.1 Å². The monoisotopic (exact) mass is 601 g/mol. The van der Waals surface area contributed by atoms with E-state index in [1.165, 1.54) is 17.1 Å². The maximum atomic E-state index is 12.4. The fourth-order valence-corrected chi connectivity index (χ4v) is 5.69. The first-order valence-electron chi connectivity index (χ1n) is 12.7. The molecule has 2 aromatic rings. The summed E-state index contributed by atoms with van der Waals surface area (Å²) in [5.41, 5.74) is 0.250. The van der Waals surface area contributed by atoms with Crippen molar-refractivity contribution in [3.8, 4) is 0 Å². The van der Waals surface area contributed by atoms with Crippen LogP contribution in [0.4, 0.5) is 5.82 Å². The van der Waals surface area contributed by atoms with E-state index in [1.54, 1.807) is 13.0 Å². The van der Waals surface area contributed by atoms with Crippen molar-refractivity contribution in [2.75, 3.05) is 18.5 Å². The largest absolute Gasteiger partial charge is 0.393 e. The van der Waals surface area contributed by atoms with Gasteiger partial charge in [-0.15, -0.1) is 0 Å². The third-order valence-electron chi connectivity index (χ3n) is 6.98. The summed E-state index contributed by atoms with van der Waals surface area (Å²) in [4.78, 5) is 36.2. The van der Waals surface area contributed by atoms with E-state index < -0.39 is 57.1 Å². The summed E-state index contributed by atoms with van der Waals surface area (Å²) in [7, 11) is -5.14. The molecule has 1 saturated heterocycles. The average Bonchev–Trinajstić information content (AvgIpc) is 3.64. The summed E-state index contributed by atoms with van der Waals surface area (Å²) in [6.07, 6.45) is 2.44. The van der Waals surface area contributed by atoms with Crippen LogP contribution in [-0.2, 0) is 14.0 Å². The van der Waals surface area contributed by atoms with Crippen LogP contribution in [-0.4, -0.2) is 100 Å². The molecule has 0 amide bonds. The van der Waals surface area contributed by atoms with E-state index >= 15 is 0 Å². The summed E-state index contributed by atoms with van der Waals surface area (Å²) in [6.45, 7) is 3.30. The lowest BCUT2D eigenvalue weighted by Gasteiger charge is -2.33. The van der Waals surface area contributed by atoms with Crippen molar-refractivity contribution in [1.29, 1.82) is 0 Å². The predicted molar refractivity (Wildman–Crippen MR) is 146 cm³/mol. The zero-order chi connectivity index (χ0) is 29.1. The number of halogens is 1. The number of nitrogens with one attached hydrogen (secondary N) is 1. The summed E-state index contributed by atoms with van der Waals surface area (Å²) < 4.78 is 25.0. The van der Waals surface area contributed by atoms with E-state index in [1.807, 2.05) is 0 Å². The van der Waals surface area contributed by atoms with Gasteiger partial charge in [0.25, 0.3) is 0 Å². The van der Waals surface area contributed by atoms with Gasteiger partial charge < -0.3 is 39.9 Å². The number of rotatable bonds is 11. The summed E-state index contributed by atoms with van der Waals surface area (Å²) in [5.74, 6) is 0.393. The molecule has 17 heteroatoms. The average molecular weight is 602 g/mol. The molecule has 220 valence electrons. The highest BCUT2D eigenvalue weighted by molar-refractivity contribution is 7.53. The van der Waals surface area contributed by atoms with E-state index in [9.17, 15) is 29.7 Å². The molecule has 2 aromatic heterocycles. The van der Waals surface area contributed by atoms with Crippen LogP contribution in [0.5, 0.6) is 0 Å². The van der Waals surface area contributed by atoms with Gasteiger partial charge >= 0.3 is 7.60 Å². The van der Waals surface area contributed by atoms with Gasteiger partial charge in [0, 0.05) is 12.2 Å². The lowest BCUT2D eigenvalue weighted by atomic mass is 10.1. The second-order valence-electron chi connectivity index (χ2n) is 9.66. The number of anilines is 1. The van der Waals surface area contributed by atoms with Crippen molar-refractivity contribution in [3.63, 3.8) is 0 Å². The van der Waals surface area contributed by atoms with Crippen LogP contribution in [0.25, 0.3) is 11.0 Å². The van der Waals surface area contributed by atoms with Gasteiger partial charge in [0.05, 0.1) is 31.2 Å². The number of hydrogen-bond acceptors (Lipinski definition) is 11. The van der Waals surface area contributed by atoms with Crippen molar-refractivity contribution >= 4 is 48.6 Å². The molecule has 1 aliphatic heterocycles. The Kier molecular flexibility index (Phi) is 9.70. The maximum Gasteiger partial charge on any atom is 0.359 e. The molecule has 1 aliphatic carbocycles. The maximum absolute atomic E-state index is 12.4. The molecule has 15 nitrogen and oxygen atoms in total. The zero-order valence-electron chi connectivity index (χ0n) is 21.7. The number of aromatic nitrogens is 4. The Morgan fingerprint density at radius 1 is 1.35 bits per heavy atom. The van der Waals surface area contributed by atoms with Crippen LogP contribution >= 0.6 is 19.2 Å². The second kappa shape index (κ2) is 12.7. The molecule has 6 N–H and O–H groups in total. The standard InChI is InChI=1S/C23H33ClN7O8P/c1-3-8-26-16(25-2)9-23(12-32,40(35,36)37)38-11-15-17(33)18(34)21(39-15)31-20-14(10-27-31)19(29-22(24)30-20)28-13-6-4-5-7-13/h3,8,10,13,15,17-18,21,32-34H,2,4-7,9,11-12H2,1H3,(H,28,29,30)(H2,35,36,37)/b8-3-,26-16?/t15-,17-,18-,21-,23?/m1/s1. The predicted octanol–water partition coefficient (Wildman–Crippen LogP) is 1.36. The van der Waals surface area contributed by atoms with E-state index in [0.717, 1.165) is 25.7 Å². The Hall–Kier alpha value is -2.33. The van der Waals surface area contributed by atoms with Gasteiger partial charge in [-0.05, 0) is 38.1 Å². The summed E-state index contributed by atoms with van der Waals surface area (Å²) in [5, 5.41) is 37.2. The van der Waals surface area contributed by atoms with Gasteiger partial charge in [-0.3, -0.25) is 4.57 Å². The number of nitrogens with zero attached hydrogens (tertiary/aromatic N) is 6. The number of allylic oxidation sites excluding steroid dienone is 1. The van der Waals surface area contributed by atoms with Gasteiger partial charge in [0.1, 0.15) is 30.0 Å². The number of aliphatic imine (C=N–C) groups is 2. The summed E-state index contributed by atoms with van der Waals surface area (Å²) in [6, 6.07) is 0.231. The Morgan fingerprint density at radius 3 is 2.70 bits per heavy atom. The number of hydrogen-bond donors (Lipinski definition) is 6. The first-order chi connectivity index (χ1) is 19.0. The summed E-state index contributed by atoms with van der Waals surface area (Å²) >= 11 is 6.18. The molecule has 2 aliphatic rings. The van der Waals surface area contributed by atoms with E-state index in [0.29, 0.717) is 11.2 Å². The zero-order valence-corrected chi connectivity index (χ0v) is 23.4. The molecular weight excluding hydrogens is 569 g/mol. The molecule has 40 heavy (non-hydrogen) atoms. The molecular formula is C23H33ClN7O8P. The molecule has 4 rings (SSSR count). The fraction of sp³-hybridized carbons (Fsp3) is 0.609. The van der Waals surface area contributed by atoms with Crippen LogP contribution < -0.4 is 5.32 Å². The minimum Gasteiger partial charge on any atom is -0.393 e. The number of fused-ring (bicyclic) bond motifs is 1. The molecule has 2 fully saturated rings. The quantitative estimate of drug-likeness (QED) is 0.0931. The molecule has 1 unspecified atom stereocenters. The molecule has 0 bridgehead atoms. The lowest BCUT2D eigenvalue weighted by Crippen LogP contribution is -2.43. The highest BCUT2D eigenvalue weighted by Crippen LogP contribution is 2.53. The smallest absolute Gasteiger partial charge is 0.359 e. The van der Waals surface area contributed by atoms with E-state index in [4.69, 9.17) is 21.1 Å². The number of aliphatic hydroxyl groups excluding tert-OH is 3. The van der Waals surface area contributed by atoms with Gasteiger partial charge in [0.2, 0.25) is 5.28 Å². The van der Waals surface area contributed by atoms with E-state index in [2.05, 4.69) is 37.1 Å². The van der Waals surface area contributed by atoms with Crippen molar-refractivity contribution in [2.24, 2.45) is 9.98 Å². The first-order valence-corrected chi connectivity index (χ1v) is 14.7. The van der Waals surface area contributed by atoms with Gasteiger partial charge in [-0.1, -0.05) is 18.9 Å². The SMILES string of the molecule is C=NC(CC(CO)(OC[C@H]1O[C@@H](n2ncc3c(NC4CCCC4)nc(Cl)nc32)[C@H](O)[C@@H]1O)P(=O)(O)O)=N/C=C\C. The van der Waals surface area contributed by atoms with Crippen molar-refractivity contribution in [2.45, 2.75) is 75.0 Å². The Balaban J connectivity index is 1.56. The molecule has 1 saturated carbocycles. The highest BCUT2D eigenvalue weighted by atomic mass is 35.5. The topological polar surface area (TPSA) is 217 Å². The van der Waals surface area contributed by atoms with Crippen LogP contribution in [0.2, 0.25) is 5.28 Å². The fourth-order valence-electron chi connectivity index (χ4n) is 4.75. The van der Waals surface area contributed by atoms with Gasteiger partial charge in [-0.25, -0.2) is 14.7 Å². The Morgan fingerprint density at radius 2 is 2.08 bits per heavy atom. The van der Waals surface area contributed by atoms with Crippen LogP contribution in [0.3, 0.4) is 0 Å². The number of aliphatic hydroxyl groups is 3. The van der Waals surface area contributed by atoms with Crippen LogP contribution in [0.1, 0.15) is 45.3 Å². The van der Waals surface area contributed by atoms with Gasteiger partial charge in [-0.2, -0.15) is 15.1 Å². The lowest BCUT2D eigenvalue weighted by molar-refractivity contribution is -0.107. The number of amidine groups is 1. The highest BCUT2D eigenvalue weighted by Gasteiger charge is 2.52. The van der Waals surface area contributed by atoms with E-state index in [-0.39, 0.29) is 22.8 Å². The molecule has 0 aromatic carbocycles. The minimum absolute atomic E-state index is 0.0525. The van der Waals surface area contributed by atoms with Crippen molar-refractivity contribution in [3.05, 3.63) is 23.8 Å². The number of ether oxygens (including phenoxy) is 2. The third kappa shape index (κ3) is 6.27. The second-order valence-corrected chi connectivity index (χ2v) is 11.9. The molecule has 0 radical (unpaired) electrons. The Bertz CT molecular complexity index is 1310. The third-order valence-corrected chi connectivity index (χ3v) is 8.64. The molecule has 3 heterocycles. The van der Waals surface area contributed by atoms with Crippen molar-refractivity contribution in [1.82, 2.24) is 19.7 Å². The van der Waals surface area contributed by atoms with Crippen LogP contribution in [0, 0.1) is 0 Å². The minimum atomic E-state index is -5.14. The first kappa shape index (κ1) is 30.6. The normalized spacial score (nSPS) is 26.1. The van der Waals surface area contributed by atoms with Crippen LogP contribution in [0.15, 0.2) is 28.5 Å². The van der Waals surface area contributed by atoms with Gasteiger partial charge in [0.15, 0.2) is 17.2 Å². The molecule has 5 atom stereocenters. The molecule has 0 spiro atoms. The Labute approximate surface area is 234 Å².